The molecule has 1 aromatic carbocycles. The fourth-order valence-electron chi connectivity index (χ4n) is 1.80. The standard InChI is InChI=1S/C14H22NO5P/c1-11(2)13(21(17,18-3)19-4)15-14(16)20-10-12-8-6-5-7-9-12/h5-9,11,13H,10H2,1-4H3,(H,15,16). The van der Waals surface area contributed by atoms with Crippen LogP contribution in [0.2, 0.25) is 0 Å². The van der Waals surface area contributed by atoms with Gasteiger partial charge in [-0.15, -0.1) is 0 Å². The van der Waals surface area contributed by atoms with E-state index in [9.17, 15) is 9.36 Å². The minimum Gasteiger partial charge on any atom is -0.445 e. The van der Waals surface area contributed by atoms with Gasteiger partial charge in [0.2, 0.25) is 0 Å². The van der Waals surface area contributed by atoms with Crippen LogP contribution in [0.25, 0.3) is 0 Å². The predicted octanol–water partition coefficient (Wildman–Crippen LogP) is 3.38. The molecule has 7 heteroatoms. The summed E-state index contributed by atoms with van der Waals surface area (Å²) in [5.74, 6) is -0.907. The van der Waals surface area contributed by atoms with Crippen LogP contribution in [-0.2, 0) is 25.0 Å². The number of nitrogens with one attached hydrogen (secondary N) is 1. The lowest BCUT2D eigenvalue weighted by Gasteiger charge is -2.27. The topological polar surface area (TPSA) is 73.9 Å². The summed E-state index contributed by atoms with van der Waals surface area (Å²) in [6.07, 6.45) is -0.660. The monoisotopic (exact) mass is 315 g/mol. The van der Waals surface area contributed by atoms with Crippen LogP contribution in [0.15, 0.2) is 30.3 Å². The second kappa shape index (κ2) is 8.17. The Morgan fingerprint density at radius 3 is 2.24 bits per heavy atom. The molecule has 0 aromatic heterocycles. The predicted molar refractivity (Wildman–Crippen MR) is 80.0 cm³/mol. The molecule has 0 fully saturated rings. The number of amides is 1. The van der Waals surface area contributed by atoms with E-state index in [2.05, 4.69) is 5.32 Å². The molecule has 0 saturated carbocycles. The maximum Gasteiger partial charge on any atom is 0.408 e. The Hall–Kier alpha value is -1.36. The zero-order chi connectivity index (χ0) is 15.9. The maximum absolute atomic E-state index is 12.4. The lowest BCUT2D eigenvalue weighted by molar-refractivity contribution is 0.133. The first-order valence-corrected chi connectivity index (χ1v) is 8.22. The van der Waals surface area contributed by atoms with Crippen LogP contribution < -0.4 is 5.32 Å². The van der Waals surface area contributed by atoms with Crippen molar-refractivity contribution in [3.05, 3.63) is 35.9 Å². The minimum absolute atomic E-state index is 0.139. The van der Waals surface area contributed by atoms with Gasteiger partial charge < -0.3 is 19.1 Å². The first-order chi connectivity index (χ1) is 9.92. The highest BCUT2D eigenvalue weighted by atomic mass is 31.2. The Bertz CT molecular complexity index is 483. The van der Waals surface area contributed by atoms with Crippen molar-refractivity contribution in [2.75, 3.05) is 14.2 Å². The van der Waals surface area contributed by atoms with E-state index in [1.165, 1.54) is 14.2 Å². The third kappa shape index (κ3) is 5.16. The summed E-state index contributed by atoms with van der Waals surface area (Å²) in [7, 11) is -0.832. The molecule has 1 rings (SSSR count). The zero-order valence-electron chi connectivity index (χ0n) is 12.7. The van der Waals surface area contributed by atoms with Crippen molar-refractivity contribution in [2.24, 2.45) is 5.92 Å². The van der Waals surface area contributed by atoms with Gasteiger partial charge in [0, 0.05) is 14.2 Å². The van der Waals surface area contributed by atoms with E-state index in [-0.39, 0.29) is 12.5 Å². The van der Waals surface area contributed by atoms with Crippen LogP contribution in [0.1, 0.15) is 19.4 Å². The number of carbonyl (C=O) groups excluding carboxylic acids is 1. The van der Waals surface area contributed by atoms with Crippen molar-refractivity contribution in [3.63, 3.8) is 0 Å². The van der Waals surface area contributed by atoms with Crippen molar-refractivity contribution in [1.82, 2.24) is 5.32 Å². The molecule has 1 atom stereocenters. The van der Waals surface area contributed by atoms with Crippen LogP contribution in [0.4, 0.5) is 4.79 Å². The first kappa shape index (κ1) is 17.7. The van der Waals surface area contributed by atoms with E-state index < -0.39 is 19.5 Å². The SMILES string of the molecule is COP(=O)(OC)C(NC(=O)OCc1ccccc1)C(C)C. The fourth-order valence-corrected chi connectivity index (χ4v) is 3.40. The molecule has 1 aromatic rings. The second-order valence-electron chi connectivity index (χ2n) is 4.80. The van der Waals surface area contributed by atoms with E-state index in [1.54, 1.807) is 0 Å². The molecule has 1 unspecified atom stereocenters. The second-order valence-corrected chi connectivity index (χ2v) is 7.17. The van der Waals surface area contributed by atoms with Crippen molar-refractivity contribution >= 4 is 13.7 Å². The van der Waals surface area contributed by atoms with Crippen LogP contribution in [0.3, 0.4) is 0 Å². The third-order valence-electron chi connectivity index (χ3n) is 2.96. The van der Waals surface area contributed by atoms with Gasteiger partial charge in [0.25, 0.3) is 0 Å². The van der Waals surface area contributed by atoms with Gasteiger partial charge in [-0.2, -0.15) is 0 Å². The van der Waals surface area contributed by atoms with E-state index in [1.807, 2.05) is 44.2 Å². The van der Waals surface area contributed by atoms with Gasteiger partial charge >= 0.3 is 13.7 Å². The number of ether oxygens (including phenoxy) is 1. The Kier molecular flexibility index (Phi) is 6.89. The van der Waals surface area contributed by atoms with E-state index >= 15 is 0 Å². The molecule has 0 aliphatic carbocycles. The summed E-state index contributed by atoms with van der Waals surface area (Å²) in [5.41, 5.74) is 0.871. The van der Waals surface area contributed by atoms with Crippen LogP contribution >= 0.6 is 7.60 Å². The smallest absolute Gasteiger partial charge is 0.408 e. The minimum atomic E-state index is -3.41. The molecule has 21 heavy (non-hydrogen) atoms. The molecule has 1 N–H and O–H groups in total. The zero-order valence-corrected chi connectivity index (χ0v) is 13.6. The molecule has 118 valence electrons. The molecule has 0 spiro atoms. The number of hydrogen-bond acceptors (Lipinski definition) is 5. The van der Waals surface area contributed by atoms with Gasteiger partial charge in [0.15, 0.2) is 0 Å². The van der Waals surface area contributed by atoms with Gasteiger partial charge in [-0.1, -0.05) is 44.2 Å². The molecule has 0 aliphatic heterocycles. The van der Waals surface area contributed by atoms with Gasteiger partial charge in [0.05, 0.1) is 0 Å². The Balaban J connectivity index is 2.63. The lowest BCUT2D eigenvalue weighted by Crippen LogP contribution is -2.39. The van der Waals surface area contributed by atoms with Gasteiger partial charge in [-0.05, 0) is 11.5 Å². The molecule has 0 bridgehead atoms. The number of carbonyl (C=O) groups is 1. The fraction of sp³-hybridized carbons (Fsp3) is 0.500. The summed E-state index contributed by atoms with van der Waals surface area (Å²) in [4.78, 5) is 11.8. The first-order valence-electron chi connectivity index (χ1n) is 6.61. The molecular formula is C14H22NO5P. The number of alkyl carbamates (subject to hydrolysis) is 1. The number of rotatable bonds is 7. The molecule has 1 amide bonds. The summed E-state index contributed by atoms with van der Waals surface area (Å²) in [5, 5.41) is 2.55. The summed E-state index contributed by atoms with van der Waals surface area (Å²) in [6, 6.07) is 9.30. The number of hydrogen-bond donors (Lipinski definition) is 1. The average molecular weight is 315 g/mol. The lowest BCUT2D eigenvalue weighted by atomic mass is 10.2. The maximum atomic E-state index is 12.4. The Morgan fingerprint density at radius 2 is 1.76 bits per heavy atom. The van der Waals surface area contributed by atoms with E-state index in [0.29, 0.717) is 0 Å². The van der Waals surface area contributed by atoms with Crippen LogP contribution in [0, 0.1) is 5.92 Å². The average Bonchev–Trinajstić information content (AvgIpc) is 2.50. The van der Waals surface area contributed by atoms with Crippen molar-refractivity contribution in [1.29, 1.82) is 0 Å². The highest BCUT2D eigenvalue weighted by molar-refractivity contribution is 7.54. The molecule has 0 aliphatic rings. The highest BCUT2D eigenvalue weighted by Crippen LogP contribution is 2.52. The van der Waals surface area contributed by atoms with Gasteiger partial charge in [-0.3, -0.25) is 4.57 Å². The van der Waals surface area contributed by atoms with Gasteiger partial charge in [0.1, 0.15) is 12.4 Å². The molecule has 0 radical (unpaired) electrons. The van der Waals surface area contributed by atoms with Crippen molar-refractivity contribution < 1.29 is 23.1 Å². The number of benzene rings is 1. The van der Waals surface area contributed by atoms with Crippen LogP contribution in [0.5, 0.6) is 0 Å². The highest BCUT2D eigenvalue weighted by Gasteiger charge is 2.38. The molecular weight excluding hydrogens is 293 g/mol. The quantitative estimate of drug-likeness (QED) is 0.781. The van der Waals surface area contributed by atoms with Crippen molar-refractivity contribution in [2.45, 2.75) is 26.2 Å². The molecule has 6 nitrogen and oxygen atoms in total. The molecule has 0 saturated heterocycles. The van der Waals surface area contributed by atoms with E-state index in [0.717, 1.165) is 5.56 Å². The summed E-state index contributed by atoms with van der Waals surface area (Å²) < 4.78 is 27.4. The Labute approximate surface area is 125 Å². The van der Waals surface area contributed by atoms with Gasteiger partial charge in [-0.25, -0.2) is 4.79 Å². The van der Waals surface area contributed by atoms with Crippen LogP contribution in [-0.4, -0.2) is 26.1 Å². The third-order valence-corrected chi connectivity index (χ3v) is 5.38. The largest absolute Gasteiger partial charge is 0.445 e. The summed E-state index contributed by atoms with van der Waals surface area (Å²) in [6.45, 7) is 3.77. The van der Waals surface area contributed by atoms with Crippen molar-refractivity contribution in [3.8, 4) is 0 Å². The Morgan fingerprint density at radius 1 is 1.19 bits per heavy atom. The summed E-state index contributed by atoms with van der Waals surface area (Å²) >= 11 is 0. The normalized spacial score (nSPS) is 13.0. The van der Waals surface area contributed by atoms with E-state index in [4.69, 9.17) is 13.8 Å². The molecule has 0 heterocycles.